The summed E-state index contributed by atoms with van der Waals surface area (Å²) >= 11 is 6.22. The van der Waals surface area contributed by atoms with Gasteiger partial charge in [0.15, 0.2) is 0 Å². The van der Waals surface area contributed by atoms with Gasteiger partial charge >= 0.3 is 0 Å². The number of hydrogen-bond acceptors (Lipinski definition) is 4. The summed E-state index contributed by atoms with van der Waals surface area (Å²) in [6.45, 7) is 4.02. The zero-order valence-corrected chi connectivity index (χ0v) is 20.4. The zero-order valence-electron chi connectivity index (χ0n) is 19.6. The van der Waals surface area contributed by atoms with Gasteiger partial charge in [0.1, 0.15) is 12.3 Å². The maximum Gasteiger partial charge on any atom is 0.246 e. The first-order chi connectivity index (χ1) is 16.9. The number of hydrogen-bond donors (Lipinski definition) is 1. The number of benzene rings is 2. The van der Waals surface area contributed by atoms with E-state index in [1.54, 1.807) is 35.1 Å². The highest BCUT2D eigenvalue weighted by molar-refractivity contribution is 6.30. The number of aromatic nitrogens is 2. The van der Waals surface area contributed by atoms with Gasteiger partial charge in [-0.05, 0) is 36.2 Å². The molecule has 0 aliphatic rings. The molecule has 35 heavy (non-hydrogen) atoms. The fourth-order valence-corrected chi connectivity index (χ4v) is 3.86. The average Bonchev–Trinajstić information content (AvgIpc) is 3.49. The van der Waals surface area contributed by atoms with E-state index in [1.165, 1.54) is 4.90 Å². The first-order valence-electron chi connectivity index (χ1n) is 11.4. The molecule has 0 saturated carbocycles. The molecule has 0 atom stereocenters. The van der Waals surface area contributed by atoms with Crippen LogP contribution in [0, 0.1) is 5.92 Å². The van der Waals surface area contributed by atoms with Crippen molar-refractivity contribution in [3.05, 3.63) is 90.0 Å². The number of nitrogens with zero attached hydrogens (tertiary/aromatic N) is 3. The highest BCUT2D eigenvalue weighted by Gasteiger charge is 2.21. The van der Waals surface area contributed by atoms with Gasteiger partial charge in [0.05, 0.1) is 18.5 Å². The van der Waals surface area contributed by atoms with Crippen LogP contribution < -0.4 is 5.32 Å². The van der Waals surface area contributed by atoms with Crippen LogP contribution in [0.5, 0.6) is 0 Å². The molecule has 0 radical (unpaired) electrons. The first-order valence-corrected chi connectivity index (χ1v) is 11.8. The number of carbonyl (C=O) groups is 2. The molecule has 0 unspecified atom stereocenters. The van der Waals surface area contributed by atoms with Crippen molar-refractivity contribution in [2.24, 2.45) is 5.92 Å². The Balaban J connectivity index is 1.60. The normalized spacial score (nSPS) is 11.0. The maximum absolute atomic E-state index is 13.1. The summed E-state index contributed by atoms with van der Waals surface area (Å²) in [6, 6.07) is 20.5. The Kier molecular flexibility index (Phi) is 7.67. The van der Waals surface area contributed by atoms with Gasteiger partial charge < -0.3 is 9.32 Å². The minimum Gasteiger partial charge on any atom is -0.467 e. The smallest absolute Gasteiger partial charge is 0.246 e. The molecule has 0 spiro atoms. The van der Waals surface area contributed by atoms with Crippen molar-refractivity contribution in [1.82, 2.24) is 14.5 Å². The minimum absolute atomic E-state index is 0.116. The standard InChI is InChI=1S/C27H27ClN4O3/c1-19(2)14-26(34)31(16-23-12-7-13-35-23)18-25(33)30-27-29-24(20-8-4-3-5-9-20)17-32(27)22-11-6-10-21(28)15-22/h3-13,15,17,19H,14,16,18H2,1-2H3,(H,29,30,33). The van der Waals surface area contributed by atoms with Gasteiger partial charge in [0, 0.05) is 28.9 Å². The van der Waals surface area contributed by atoms with E-state index < -0.39 is 0 Å². The number of imidazole rings is 1. The predicted molar refractivity (Wildman–Crippen MR) is 136 cm³/mol. The van der Waals surface area contributed by atoms with E-state index in [-0.39, 0.29) is 30.8 Å². The monoisotopic (exact) mass is 490 g/mol. The van der Waals surface area contributed by atoms with Gasteiger partial charge in [-0.25, -0.2) is 4.98 Å². The molecule has 0 fully saturated rings. The zero-order chi connectivity index (χ0) is 24.8. The Labute approximate surface area is 209 Å². The highest BCUT2D eigenvalue weighted by atomic mass is 35.5. The highest BCUT2D eigenvalue weighted by Crippen LogP contribution is 2.25. The summed E-state index contributed by atoms with van der Waals surface area (Å²) in [5.41, 5.74) is 2.37. The maximum atomic E-state index is 13.1. The third-order valence-corrected chi connectivity index (χ3v) is 5.55. The van der Waals surface area contributed by atoms with Crippen LogP contribution in [0.3, 0.4) is 0 Å². The SMILES string of the molecule is CC(C)CC(=O)N(CC(=O)Nc1nc(-c2ccccc2)cn1-c1cccc(Cl)c1)Cc1ccco1. The van der Waals surface area contributed by atoms with Crippen molar-refractivity contribution in [2.75, 3.05) is 11.9 Å². The largest absolute Gasteiger partial charge is 0.467 e. The summed E-state index contributed by atoms with van der Waals surface area (Å²) in [6.07, 6.45) is 3.73. The molecule has 2 heterocycles. The Bertz CT molecular complexity index is 1280. The van der Waals surface area contributed by atoms with Crippen molar-refractivity contribution in [1.29, 1.82) is 0 Å². The van der Waals surface area contributed by atoms with Crippen LogP contribution in [-0.4, -0.2) is 32.8 Å². The van der Waals surface area contributed by atoms with Crippen LogP contribution in [0.2, 0.25) is 5.02 Å². The molecule has 7 nitrogen and oxygen atoms in total. The lowest BCUT2D eigenvalue weighted by atomic mass is 10.1. The molecule has 2 aromatic carbocycles. The van der Waals surface area contributed by atoms with Gasteiger partial charge in [0.2, 0.25) is 17.8 Å². The summed E-state index contributed by atoms with van der Waals surface area (Å²) in [7, 11) is 0. The van der Waals surface area contributed by atoms with E-state index in [4.69, 9.17) is 16.0 Å². The lowest BCUT2D eigenvalue weighted by Crippen LogP contribution is -2.38. The topological polar surface area (TPSA) is 80.4 Å². The van der Waals surface area contributed by atoms with Crippen molar-refractivity contribution >= 4 is 29.4 Å². The van der Waals surface area contributed by atoms with E-state index in [9.17, 15) is 9.59 Å². The molecular weight excluding hydrogens is 464 g/mol. The van der Waals surface area contributed by atoms with Crippen LogP contribution >= 0.6 is 11.6 Å². The number of halogens is 1. The van der Waals surface area contributed by atoms with Crippen molar-refractivity contribution in [2.45, 2.75) is 26.8 Å². The molecule has 0 bridgehead atoms. The molecule has 4 aromatic rings. The number of amides is 2. The second kappa shape index (κ2) is 11.1. The lowest BCUT2D eigenvalue weighted by Gasteiger charge is -2.22. The van der Waals surface area contributed by atoms with Crippen LogP contribution in [0.25, 0.3) is 16.9 Å². The Hall–Kier alpha value is -3.84. The molecule has 8 heteroatoms. The Morgan fingerprint density at radius 1 is 1.09 bits per heavy atom. The van der Waals surface area contributed by atoms with Gasteiger partial charge in [-0.2, -0.15) is 0 Å². The Morgan fingerprint density at radius 3 is 2.57 bits per heavy atom. The molecule has 2 amide bonds. The number of carbonyl (C=O) groups excluding carboxylic acids is 2. The fourth-order valence-electron chi connectivity index (χ4n) is 3.68. The van der Waals surface area contributed by atoms with Crippen molar-refractivity contribution in [3.8, 4) is 16.9 Å². The second-order valence-corrected chi connectivity index (χ2v) is 9.08. The van der Waals surface area contributed by atoms with Gasteiger partial charge in [0.25, 0.3) is 0 Å². The van der Waals surface area contributed by atoms with E-state index in [0.29, 0.717) is 28.8 Å². The molecular formula is C27H27ClN4O3. The number of furan rings is 1. The quantitative estimate of drug-likeness (QED) is 0.321. The molecule has 4 rings (SSSR count). The summed E-state index contributed by atoms with van der Waals surface area (Å²) in [4.78, 5) is 32.1. The van der Waals surface area contributed by atoms with E-state index in [1.807, 2.05) is 62.5 Å². The minimum atomic E-state index is -0.359. The number of anilines is 1. The van der Waals surface area contributed by atoms with Crippen LogP contribution in [-0.2, 0) is 16.1 Å². The van der Waals surface area contributed by atoms with E-state index in [0.717, 1.165) is 11.3 Å². The number of nitrogens with one attached hydrogen (secondary N) is 1. The van der Waals surface area contributed by atoms with Gasteiger partial charge in [-0.15, -0.1) is 0 Å². The van der Waals surface area contributed by atoms with Crippen LogP contribution in [0.4, 0.5) is 5.95 Å². The first kappa shape index (κ1) is 24.3. The predicted octanol–water partition coefficient (Wildman–Crippen LogP) is 5.80. The molecule has 0 saturated heterocycles. The van der Waals surface area contributed by atoms with E-state index in [2.05, 4.69) is 10.3 Å². The Morgan fingerprint density at radius 2 is 1.89 bits per heavy atom. The average molecular weight is 491 g/mol. The van der Waals surface area contributed by atoms with Crippen molar-refractivity contribution in [3.63, 3.8) is 0 Å². The van der Waals surface area contributed by atoms with Crippen LogP contribution in [0.15, 0.2) is 83.6 Å². The molecule has 1 N–H and O–H groups in total. The summed E-state index contributed by atoms with van der Waals surface area (Å²) in [5, 5.41) is 3.45. The molecule has 180 valence electrons. The van der Waals surface area contributed by atoms with Gasteiger partial charge in [-0.3, -0.25) is 19.5 Å². The molecule has 0 aliphatic heterocycles. The number of rotatable bonds is 9. The van der Waals surface area contributed by atoms with Crippen molar-refractivity contribution < 1.29 is 14.0 Å². The molecule has 2 aromatic heterocycles. The lowest BCUT2D eigenvalue weighted by molar-refractivity contribution is -0.136. The van der Waals surface area contributed by atoms with Crippen LogP contribution in [0.1, 0.15) is 26.0 Å². The molecule has 0 aliphatic carbocycles. The van der Waals surface area contributed by atoms with E-state index >= 15 is 0 Å². The fraction of sp³-hybridized carbons (Fsp3) is 0.222. The summed E-state index contributed by atoms with van der Waals surface area (Å²) < 4.78 is 7.18. The third kappa shape index (κ3) is 6.39. The van der Waals surface area contributed by atoms with Gasteiger partial charge in [-0.1, -0.05) is 61.8 Å². The summed E-state index contributed by atoms with van der Waals surface area (Å²) in [5.74, 6) is 0.642. The second-order valence-electron chi connectivity index (χ2n) is 8.64. The third-order valence-electron chi connectivity index (χ3n) is 5.31.